The van der Waals surface area contributed by atoms with Crippen molar-refractivity contribution in [2.75, 3.05) is 11.3 Å². The molecule has 0 amide bonds. The number of rotatable bonds is 5. The van der Waals surface area contributed by atoms with E-state index in [1.807, 2.05) is 6.92 Å². The highest BCUT2D eigenvalue weighted by Crippen LogP contribution is 2.48. The van der Waals surface area contributed by atoms with Gasteiger partial charge < -0.3 is 4.74 Å². The van der Waals surface area contributed by atoms with Crippen molar-refractivity contribution in [1.82, 2.24) is 15.2 Å². The maximum Gasteiger partial charge on any atom is 0.416 e. The Balaban J connectivity index is 1.59. The molecule has 1 aliphatic rings. The fraction of sp³-hybridized carbons (Fsp3) is 0.208. The molecule has 0 bridgehead atoms. The molecule has 0 aliphatic carbocycles. The van der Waals surface area contributed by atoms with E-state index in [1.54, 1.807) is 23.7 Å². The average Bonchev–Trinajstić information content (AvgIpc) is 3.38. The van der Waals surface area contributed by atoms with Gasteiger partial charge in [0.2, 0.25) is 0 Å². The molecule has 4 aromatic rings. The number of ether oxygens (including phenoxy) is 1. The van der Waals surface area contributed by atoms with E-state index in [4.69, 9.17) is 4.74 Å². The van der Waals surface area contributed by atoms with Crippen LogP contribution in [0.3, 0.4) is 0 Å². The van der Waals surface area contributed by atoms with Crippen molar-refractivity contribution < 1.29 is 26.3 Å². The van der Waals surface area contributed by atoms with Crippen LogP contribution in [0.2, 0.25) is 0 Å². The summed E-state index contributed by atoms with van der Waals surface area (Å²) >= 11 is 1.25. The van der Waals surface area contributed by atoms with E-state index in [9.17, 15) is 21.6 Å². The molecular weight excluding hydrogens is 513 g/mol. The SMILES string of the molecule is C[C@@]1(c2ccc(C(F)(F)F)cc2-c2nccs2)CCOc2cc(S(=O)(=O)Nc3cccnn3)ccc21. The third-order valence-electron chi connectivity index (χ3n) is 6.13. The Morgan fingerprint density at radius 1 is 1.08 bits per heavy atom. The van der Waals surface area contributed by atoms with Crippen molar-refractivity contribution in [3.05, 3.63) is 83.0 Å². The first kappa shape index (κ1) is 24.2. The van der Waals surface area contributed by atoms with Crippen LogP contribution in [-0.2, 0) is 21.6 Å². The van der Waals surface area contributed by atoms with Crippen LogP contribution < -0.4 is 9.46 Å². The highest BCUT2D eigenvalue weighted by molar-refractivity contribution is 7.92. The van der Waals surface area contributed by atoms with Gasteiger partial charge in [0.15, 0.2) is 5.82 Å². The molecule has 3 heterocycles. The molecule has 7 nitrogen and oxygen atoms in total. The molecule has 2 aromatic heterocycles. The molecule has 36 heavy (non-hydrogen) atoms. The smallest absolute Gasteiger partial charge is 0.416 e. The predicted molar refractivity (Wildman–Crippen MR) is 128 cm³/mol. The molecule has 0 radical (unpaired) electrons. The number of aromatic nitrogens is 3. The summed E-state index contributed by atoms with van der Waals surface area (Å²) in [6.45, 7) is 2.17. The number of nitrogens with one attached hydrogen (secondary N) is 1. The summed E-state index contributed by atoms with van der Waals surface area (Å²) < 4.78 is 74.6. The Hall–Kier alpha value is -3.51. The van der Waals surface area contributed by atoms with Crippen LogP contribution in [-0.4, -0.2) is 30.2 Å². The maximum absolute atomic E-state index is 13.5. The number of hydrogen-bond donors (Lipinski definition) is 1. The highest BCUT2D eigenvalue weighted by Gasteiger charge is 2.39. The summed E-state index contributed by atoms with van der Waals surface area (Å²) in [4.78, 5) is 4.22. The number of nitrogens with zero attached hydrogens (tertiary/aromatic N) is 3. The molecular formula is C24H19F3N4O3S2. The first-order valence-electron chi connectivity index (χ1n) is 10.8. The molecule has 0 spiro atoms. The van der Waals surface area contributed by atoms with Gasteiger partial charge in [-0.05, 0) is 42.3 Å². The van der Waals surface area contributed by atoms with Crippen LogP contribution in [0.25, 0.3) is 10.6 Å². The lowest BCUT2D eigenvalue weighted by atomic mass is 9.70. The van der Waals surface area contributed by atoms with E-state index >= 15 is 0 Å². The van der Waals surface area contributed by atoms with Crippen LogP contribution in [0.4, 0.5) is 19.0 Å². The second-order valence-corrected chi connectivity index (χ2v) is 11.0. The van der Waals surface area contributed by atoms with Crippen LogP contribution in [0.5, 0.6) is 5.75 Å². The van der Waals surface area contributed by atoms with Crippen molar-refractivity contribution in [2.45, 2.75) is 29.8 Å². The van der Waals surface area contributed by atoms with Crippen molar-refractivity contribution in [2.24, 2.45) is 0 Å². The monoisotopic (exact) mass is 532 g/mol. The van der Waals surface area contributed by atoms with Crippen LogP contribution in [0.1, 0.15) is 30.0 Å². The Labute approximate surface area is 209 Å². The van der Waals surface area contributed by atoms with Crippen molar-refractivity contribution in [3.63, 3.8) is 0 Å². The van der Waals surface area contributed by atoms with Crippen molar-refractivity contribution in [1.29, 1.82) is 0 Å². The zero-order valence-electron chi connectivity index (χ0n) is 18.8. The standard InChI is InChI=1S/C24H19F3N4O3S2/c1-23(18-6-4-15(24(25,26)27)13-17(18)22-28-10-12-35-22)8-11-34-20-14-16(5-7-19(20)23)36(32,33)31-21-3-2-9-29-30-21/h2-7,9-10,12-14H,8,11H2,1H3,(H,30,31)/t23-/m0/s1. The van der Waals surface area contributed by atoms with Crippen LogP contribution >= 0.6 is 11.3 Å². The summed E-state index contributed by atoms with van der Waals surface area (Å²) in [5.74, 6) is 0.412. The number of hydrogen-bond acceptors (Lipinski definition) is 7. The Kier molecular flexibility index (Phi) is 5.95. The zero-order valence-corrected chi connectivity index (χ0v) is 20.4. The number of alkyl halides is 3. The Bertz CT molecular complexity index is 1510. The van der Waals surface area contributed by atoms with Crippen LogP contribution in [0, 0.1) is 0 Å². The predicted octanol–water partition coefficient (Wildman–Crippen LogP) is 5.51. The van der Waals surface area contributed by atoms with Crippen LogP contribution in [0.15, 0.2) is 71.2 Å². The number of fused-ring (bicyclic) bond motifs is 1. The molecule has 0 saturated heterocycles. The third-order valence-corrected chi connectivity index (χ3v) is 8.29. The van der Waals surface area contributed by atoms with E-state index in [1.165, 1.54) is 41.8 Å². The lowest BCUT2D eigenvalue weighted by Crippen LogP contribution is -2.32. The van der Waals surface area contributed by atoms with Gasteiger partial charge in [-0.25, -0.2) is 13.4 Å². The number of benzene rings is 2. The summed E-state index contributed by atoms with van der Waals surface area (Å²) in [7, 11) is -3.98. The molecule has 1 atom stereocenters. The number of sulfonamides is 1. The van der Waals surface area contributed by atoms with Gasteiger partial charge in [-0.1, -0.05) is 19.1 Å². The molecule has 0 fully saturated rings. The summed E-state index contributed by atoms with van der Waals surface area (Å²) in [5.41, 5.74) is 0.201. The van der Waals surface area contributed by atoms with Gasteiger partial charge in [0.25, 0.3) is 10.0 Å². The quantitative estimate of drug-likeness (QED) is 0.364. The van der Waals surface area contributed by atoms with E-state index in [2.05, 4.69) is 19.9 Å². The van der Waals surface area contributed by atoms with Gasteiger partial charge in [-0.3, -0.25) is 4.72 Å². The summed E-state index contributed by atoms with van der Waals surface area (Å²) in [6.07, 6.45) is -1.05. The lowest BCUT2D eigenvalue weighted by Gasteiger charge is -2.37. The third kappa shape index (κ3) is 4.42. The molecule has 0 saturated carbocycles. The fourth-order valence-electron chi connectivity index (χ4n) is 4.31. The maximum atomic E-state index is 13.5. The normalized spacial score (nSPS) is 17.8. The minimum atomic E-state index is -4.50. The first-order valence-corrected chi connectivity index (χ1v) is 13.1. The van der Waals surface area contributed by atoms with E-state index in [-0.39, 0.29) is 17.3 Å². The second kappa shape index (κ2) is 8.86. The van der Waals surface area contributed by atoms with E-state index in [0.717, 1.165) is 12.1 Å². The van der Waals surface area contributed by atoms with Gasteiger partial charge in [-0.15, -0.1) is 16.4 Å². The number of anilines is 1. The van der Waals surface area contributed by atoms with Gasteiger partial charge in [0.05, 0.1) is 17.1 Å². The second-order valence-electron chi connectivity index (χ2n) is 8.40. The molecule has 1 N–H and O–H groups in total. The van der Waals surface area contributed by atoms with Gasteiger partial charge in [0, 0.05) is 40.4 Å². The lowest BCUT2D eigenvalue weighted by molar-refractivity contribution is -0.137. The van der Waals surface area contributed by atoms with E-state index < -0.39 is 27.2 Å². The highest BCUT2D eigenvalue weighted by atomic mass is 32.2. The molecule has 1 aliphatic heterocycles. The van der Waals surface area contributed by atoms with Gasteiger partial charge in [0.1, 0.15) is 10.8 Å². The fourth-order valence-corrected chi connectivity index (χ4v) is 5.99. The first-order chi connectivity index (χ1) is 17.1. The molecule has 5 rings (SSSR count). The summed E-state index contributed by atoms with van der Waals surface area (Å²) in [6, 6.07) is 11.2. The summed E-state index contributed by atoms with van der Waals surface area (Å²) in [5, 5.41) is 9.58. The van der Waals surface area contributed by atoms with Gasteiger partial charge >= 0.3 is 6.18 Å². The molecule has 186 valence electrons. The number of halogens is 3. The minimum absolute atomic E-state index is 0.0382. The zero-order chi connectivity index (χ0) is 25.6. The van der Waals surface area contributed by atoms with Crippen molar-refractivity contribution >= 4 is 27.2 Å². The molecule has 0 unspecified atom stereocenters. The average molecular weight is 533 g/mol. The largest absolute Gasteiger partial charge is 0.493 e. The van der Waals surface area contributed by atoms with Gasteiger partial charge in [-0.2, -0.15) is 18.3 Å². The molecule has 2 aromatic carbocycles. The topological polar surface area (TPSA) is 94.1 Å². The number of thiazole rings is 1. The molecule has 12 heteroatoms. The minimum Gasteiger partial charge on any atom is -0.493 e. The van der Waals surface area contributed by atoms with Crippen molar-refractivity contribution in [3.8, 4) is 16.3 Å². The van der Waals surface area contributed by atoms with E-state index in [0.29, 0.717) is 33.9 Å². The Morgan fingerprint density at radius 2 is 1.89 bits per heavy atom. The Morgan fingerprint density at radius 3 is 2.58 bits per heavy atom.